The number of Topliss-reactive ketones (excluding diaryl/α,β-unsaturated/α-hetero) is 1. The minimum Gasteiger partial charge on any atom is -0.490 e. The molecule has 0 fully saturated rings. The van der Waals surface area contributed by atoms with Crippen LogP contribution in [0.15, 0.2) is 53.1 Å². The number of H-pyrrole nitrogens is 1. The van der Waals surface area contributed by atoms with Crippen molar-refractivity contribution in [1.29, 1.82) is 0 Å². The summed E-state index contributed by atoms with van der Waals surface area (Å²) in [6.07, 6.45) is 1.03. The van der Waals surface area contributed by atoms with Crippen LogP contribution in [0.1, 0.15) is 34.2 Å². The van der Waals surface area contributed by atoms with Gasteiger partial charge in [-0.3, -0.25) is 9.59 Å². The SMILES string of the molecule is Cc1[nH]c2ccccc2c1C(=O)C(=O)NCc1cc(-c2ccc3c(c2)CC(C)O3)on1. The Morgan fingerprint density at radius 3 is 2.90 bits per heavy atom. The molecule has 0 saturated heterocycles. The molecule has 1 atom stereocenters. The zero-order valence-corrected chi connectivity index (χ0v) is 17.2. The van der Waals surface area contributed by atoms with Crippen molar-refractivity contribution in [3.63, 3.8) is 0 Å². The number of hydrogen-bond donors (Lipinski definition) is 2. The van der Waals surface area contributed by atoms with E-state index in [4.69, 9.17) is 9.26 Å². The van der Waals surface area contributed by atoms with Crippen LogP contribution in [-0.4, -0.2) is 27.9 Å². The highest BCUT2D eigenvalue weighted by Crippen LogP contribution is 2.33. The van der Waals surface area contributed by atoms with E-state index in [1.54, 1.807) is 13.0 Å². The molecule has 4 aromatic rings. The number of benzene rings is 2. The predicted octanol–water partition coefficient (Wildman–Crippen LogP) is 3.95. The van der Waals surface area contributed by atoms with Crippen molar-refractivity contribution in [3.8, 4) is 17.1 Å². The van der Waals surface area contributed by atoms with Gasteiger partial charge in [-0.1, -0.05) is 23.4 Å². The minimum atomic E-state index is -0.680. The van der Waals surface area contributed by atoms with Gasteiger partial charge in [0, 0.05) is 34.6 Å². The fourth-order valence-electron chi connectivity index (χ4n) is 4.04. The van der Waals surface area contributed by atoms with Gasteiger partial charge in [-0.25, -0.2) is 0 Å². The second-order valence-electron chi connectivity index (χ2n) is 7.82. The van der Waals surface area contributed by atoms with E-state index in [1.165, 1.54) is 0 Å². The Kier molecular flexibility index (Phi) is 4.58. The molecule has 2 aromatic carbocycles. The summed E-state index contributed by atoms with van der Waals surface area (Å²) < 4.78 is 11.2. The number of rotatable bonds is 5. The van der Waals surface area contributed by atoms with E-state index in [0.717, 1.165) is 34.2 Å². The molecule has 7 nitrogen and oxygen atoms in total. The average Bonchev–Trinajstić information content (AvgIpc) is 3.46. The van der Waals surface area contributed by atoms with E-state index in [9.17, 15) is 9.59 Å². The first kappa shape index (κ1) is 19.1. The standard InChI is InChI=1S/C24H21N3O4/c1-13-9-16-10-15(7-8-20(16)30-13)21-11-17(27-31-21)12-25-24(29)23(28)22-14(2)26-19-6-4-3-5-18(19)22/h3-8,10-11,13,26H,9,12H2,1-2H3,(H,25,29). The number of nitrogens with zero attached hydrogens (tertiary/aromatic N) is 1. The lowest BCUT2D eigenvalue weighted by molar-refractivity contribution is -0.117. The molecule has 0 spiro atoms. The number of carbonyl (C=O) groups is 2. The molecule has 7 heteroatoms. The van der Waals surface area contributed by atoms with Crippen LogP contribution in [-0.2, 0) is 17.8 Å². The van der Waals surface area contributed by atoms with Crippen LogP contribution in [0, 0.1) is 6.92 Å². The molecule has 1 aliphatic rings. The Morgan fingerprint density at radius 2 is 2.03 bits per heavy atom. The largest absolute Gasteiger partial charge is 0.490 e. The normalized spacial score (nSPS) is 15.0. The summed E-state index contributed by atoms with van der Waals surface area (Å²) in [4.78, 5) is 28.4. The summed E-state index contributed by atoms with van der Waals surface area (Å²) >= 11 is 0. The number of fused-ring (bicyclic) bond motifs is 2. The van der Waals surface area contributed by atoms with Gasteiger partial charge in [0.1, 0.15) is 17.5 Å². The van der Waals surface area contributed by atoms with Crippen LogP contribution >= 0.6 is 0 Å². The fraction of sp³-hybridized carbons (Fsp3) is 0.208. The average molecular weight is 415 g/mol. The van der Waals surface area contributed by atoms with Crippen LogP contribution in [0.4, 0.5) is 0 Å². The zero-order chi connectivity index (χ0) is 21.5. The second-order valence-corrected chi connectivity index (χ2v) is 7.82. The summed E-state index contributed by atoms with van der Waals surface area (Å²) in [5, 5.41) is 7.41. The molecule has 1 aliphatic heterocycles. The van der Waals surface area contributed by atoms with Crippen LogP contribution in [0.5, 0.6) is 5.75 Å². The van der Waals surface area contributed by atoms with E-state index in [-0.39, 0.29) is 12.6 Å². The Morgan fingerprint density at radius 1 is 1.19 bits per heavy atom. The molecule has 2 N–H and O–H groups in total. The topological polar surface area (TPSA) is 97.2 Å². The molecule has 0 radical (unpaired) electrons. The zero-order valence-electron chi connectivity index (χ0n) is 17.2. The molecule has 3 heterocycles. The molecule has 1 unspecified atom stereocenters. The van der Waals surface area contributed by atoms with Gasteiger partial charge in [0.15, 0.2) is 5.76 Å². The van der Waals surface area contributed by atoms with E-state index in [2.05, 4.69) is 15.5 Å². The number of aromatic amines is 1. The first-order valence-electron chi connectivity index (χ1n) is 10.1. The quantitative estimate of drug-likeness (QED) is 0.380. The molecular formula is C24H21N3O4. The van der Waals surface area contributed by atoms with Gasteiger partial charge in [0.05, 0.1) is 12.1 Å². The third-order valence-electron chi connectivity index (χ3n) is 5.50. The molecule has 0 saturated carbocycles. The van der Waals surface area contributed by atoms with E-state index in [1.807, 2.05) is 49.4 Å². The van der Waals surface area contributed by atoms with E-state index < -0.39 is 11.7 Å². The summed E-state index contributed by atoms with van der Waals surface area (Å²) in [5.74, 6) is 0.243. The molecule has 5 rings (SSSR count). The summed E-state index contributed by atoms with van der Waals surface area (Å²) in [6.45, 7) is 3.92. The van der Waals surface area contributed by atoms with Crippen molar-refractivity contribution in [2.75, 3.05) is 0 Å². The van der Waals surface area contributed by atoms with E-state index >= 15 is 0 Å². The van der Waals surface area contributed by atoms with Crippen LogP contribution in [0.25, 0.3) is 22.2 Å². The summed E-state index contributed by atoms with van der Waals surface area (Å²) in [6, 6.07) is 15.1. The van der Waals surface area contributed by atoms with Crippen molar-refractivity contribution in [1.82, 2.24) is 15.5 Å². The van der Waals surface area contributed by atoms with Gasteiger partial charge in [-0.15, -0.1) is 0 Å². The number of hydrogen-bond acceptors (Lipinski definition) is 5. The molecule has 31 heavy (non-hydrogen) atoms. The van der Waals surface area contributed by atoms with E-state index in [0.29, 0.717) is 22.7 Å². The van der Waals surface area contributed by atoms with Gasteiger partial charge < -0.3 is 19.6 Å². The maximum atomic E-state index is 12.7. The lowest BCUT2D eigenvalue weighted by Gasteiger charge is -2.03. The van der Waals surface area contributed by atoms with Crippen LogP contribution < -0.4 is 10.1 Å². The van der Waals surface area contributed by atoms with Gasteiger partial charge in [0.25, 0.3) is 11.7 Å². The van der Waals surface area contributed by atoms with Gasteiger partial charge in [-0.05, 0) is 43.7 Å². The molecule has 2 aromatic heterocycles. The molecular weight excluding hydrogens is 394 g/mol. The number of ketones is 1. The molecule has 0 bridgehead atoms. The number of aryl methyl sites for hydroxylation is 1. The summed E-state index contributed by atoms with van der Waals surface area (Å²) in [7, 11) is 0. The van der Waals surface area contributed by atoms with Gasteiger partial charge in [-0.2, -0.15) is 0 Å². The Bertz CT molecular complexity index is 1320. The molecule has 1 amide bonds. The number of ether oxygens (including phenoxy) is 1. The lowest BCUT2D eigenvalue weighted by atomic mass is 10.1. The van der Waals surface area contributed by atoms with Gasteiger partial charge >= 0.3 is 0 Å². The molecule has 0 aliphatic carbocycles. The highest BCUT2D eigenvalue weighted by Gasteiger charge is 2.23. The number of nitrogens with one attached hydrogen (secondary N) is 2. The first-order chi connectivity index (χ1) is 15.0. The van der Waals surface area contributed by atoms with Crippen molar-refractivity contribution in [2.45, 2.75) is 32.9 Å². The predicted molar refractivity (Wildman–Crippen MR) is 115 cm³/mol. The third-order valence-corrected chi connectivity index (χ3v) is 5.50. The Balaban J connectivity index is 1.28. The third kappa shape index (κ3) is 3.48. The van der Waals surface area contributed by atoms with Crippen LogP contribution in [0.2, 0.25) is 0 Å². The fourth-order valence-corrected chi connectivity index (χ4v) is 4.04. The maximum absolute atomic E-state index is 12.7. The van der Waals surface area contributed by atoms with Crippen molar-refractivity contribution >= 4 is 22.6 Å². The monoisotopic (exact) mass is 415 g/mol. The summed E-state index contributed by atoms with van der Waals surface area (Å²) in [5.41, 5.74) is 4.45. The maximum Gasteiger partial charge on any atom is 0.292 e. The Hall–Kier alpha value is -3.87. The smallest absolute Gasteiger partial charge is 0.292 e. The highest BCUT2D eigenvalue weighted by molar-refractivity contribution is 6.45. The first-order valence-corrected chi connectivity index (χ1v) is 10.1. The van der Waals surface area contributed by atoms with Crippen LogP contribution in [0.3, 0.4) is 0 Å². The number of aromatic nitrogens is 2. The Labute approximate surface area is 178 Å². The number of para-hydroxylation sites is 1. The number of carbonyl (C=O) groups excluding carboxylic acids is 2. The van der Waals surface area contributed by atoms with Crippen molar-refractivity contribution in [3.05, 3.63) is 71.0 Å². The highest BCUT2D eigenvalue weighted by atomic mass is 16.5. The lowest BCUT2D eigenvalue weighted by Crippen LogP contribution is -2.31. The van der Waals surface area contributed by atoms with Gasteiger partial charge in [0.2, 0.25) is 0 Å². The minimum absolute atomic E-state index is 0.0978. The molecule has 156 valence electrons. The second kappa shape index (κ2) is 7.43. The van der Waals surface area contributed by atoms with Crippen molar-refractivity contribution in [2.24, 2.45) is 0 Å². The number of amides is 1. The van der Waals surface area contributed by atoms with Crippen molar-refractivity contribution < 1.29 is 18.8 Å².